The molecule has 3 aliphatic rings. The quantitative estimate of drug-likeness (QED) is 0.782. The van der Waals surface area contributed by atoms with Gasteiger partial charge in [0.05, 0.1) is 7.11 Å². The van der Waals surface area contributed by atoms with Crippen molar-refractivity contribution in [3.8, 4) is 0 Å². The highest BCUT2D eigenvalue weighted by atomic mass is 16.5. The number of nitrogens with one attached hydrogen (secondary N) is 1. The molecule has 0 aromatic carbocycles. The molecule has 3 fully saturated rings. The molecule has 5 heteroatoms. The van der Waals surface area contributed by atoms with Crippen LogP contribution in [0.2, 0.25) is 0 Å². The molecule has 0 aromatic heterocycles. The molecule has 2 heterocycles. The summed E-state index contributed by atoms with van der Waals surface area (Å²) in [6.07, 6.45) is 6.85. The number of hydrogen-bond donors (Lipinski definition) is 1. The van der Waals surface area contributed by atoms with E-state index in [-0.39, 0.29) is 5.97 Å². The van der Waals surface area contributed by atoms with E-state index in [9.17, 15) is 4.79 Å². The Hall–Kier alpha value is -0.650. The maximum atomic E-state index is 12.1. The number of ether oxygens (including phenoxy) is 1. The molecule has 2 aliphatic heterocycles. The third kappa shape index (κ3) is 2.83. The molecule has 5 nitrogen and oxygen atoms in total. The van der Waals surface area contributed by atoms with Gasteiger partial charge in [0.15, 0.2) is 0 Å². The number of carbonyl (C=O) groups excluding carboxylic acids is 1. The van der Waals surface area contributed by atoms with Crippen molar-refractivity contribution in [1.29, 1.82) is 0 Å². The smallest absolute Gasteiger partial charge is 0.326 e. The second-order valence-corrected chi connectivity index (χ2v) is 6.90. The fraction of sp³-hybridized carbons (Fsp3) is 0.938. The van der Waals surface area contributed by atoms with Crippen LogP contribution >= 0.6 is 0 Å². The Morgan fingerprint density at radius 1 is 1.14 bits per heavy atom. The van der Waals surface area contributed by atoms with Crippen LogP contribution in [0, 0.1) is 0 Å². The molecule has 1 N–H and O–H groups in total. The highest BCUT2D eigenvalue weighted by molar-refractivity contribution is 5.81. The minimum absolute atomic E-state index is 0.0928. The van der Waals surface area contributed by atoms with Crippen LogP contribution in [-0.2, 0) is 9.53 Å². The maximum Gasteiger partial charge on any atom is 0.326 e. The standard InChI is InChI=1S/C16H29N3O2/c1-17-16(15(20)21-2)7-6-13(11-16)19-10-4-9-18-8-3-5-14(18)12-19/h13-14,17H,3-12H2,1-2H3. The van der Waals surface area contributed by atoms with Gasteiger partial charge in [-0.15, -0.1) is 0 Å². The van der Waals surface area contributed by atoms with Crippen LogP contribution in [0.5, 0.6) is 0 Å². The summed E-state index contributed by atoms with van der Waals surface area (Å²) in [6, 6.07) is 1.27. The Labute approximate surface area is 128 Å². The van der Waals surface area contributed by atoms with Crippen molar-refractivity contribution >= 4 is 5.97 Å². The molecule has 120 valence electrons. The van der Waals surface area contributed by atoms with Crippen molar-refractivity contribution in [2.75, 3.05) is 40.3 Å². The summed E-state index contributed by atoms with van der Waals surface area (Å²) in [5.74, 6) is -0.0928. The summed E-state index contributed by atoms with van der Waals surface area (Å²) >= 11 is 0. The normalized spacial score (nSPS) is 38.2. The molecule has 1 saturated carbocycles. The molecular formula is C16H29N3O2. The predicted octanol–water partition coefficient (Wildman–Crippen LogP) is 0.840. The van der Waals surface area contributed by atoms with Gasteiger partial charge in [-0.25, -0.2) is 0 Å². The topological polar surface area (TPSA) is 44.8 Å². The van der Waals surface area contributed by atoms with Crippen molar-refractivity contribution < 1.29 is 9.53 Å². The zero-order valence-corrected chi connectivity index (χ0v) is 13.4. The van der Waals surface area contributed by atoms with Gasteiger partial charge in [0.1, 0.15) is 5.54 Å². The van der Waals surface area contributed by atoms with Gasteiger partial charge < -0.3 is 10.1 Å². The van der Waals surface area contributed by atoms with E-state index in [0.29, 0.717) is 6.04 Å². The van der Waals surface area contributed by atoms with Gasteiger partial charge in [-0.1, -0.05) is 0 Å². The van der Waals surface area contributed by atoms with E-state index in [0.717, 1.165) is 25.3 Å². The van der Waals surface area contributed by atoms with Gasteiger partial charge in [-0.2, -0.15) is 0 Å². The first-order chi connectivity index (χ1) is 10.2. The lowest BCUT2D eigenvalue weighted by Gasteiger charge is -2.32. The number of likely N-dealkylation sites (N-methyl/N-ethyl adjacent to an activating group) is 1. The lowest BCUT2D eigenvalue weighted by atomic mass is 9.97. The Morgan fingerprint density at radius 3 is 2.67 bits per heavy atom. The summed E-state index contributed by atoms with van der Waals surface area (Å²) in [6.45, 7) is 4.90. The van der Waals surface area contributed by atoms with E-state index in [1.165, 1.54) is 52.6 Å². The predicted molar refractivity (Wildman–Crippen MR) is 82.2 cm³/mol. The van der Waals surface area contributed by atoms with E-state index in [1.54, 1.807) is 0 Å². The summed E-state index contributed by atoms with van der Waals surface area (Å²) in [5, 5.41) is 3.25. The average Bonchev–Trinajstić information content (AvgIpc) is 3.09. The summed E-state index contributed by atoms with van der Waals surface area (Å²) < 4.78 is 5.03. The largest absolute Gasteiger partial charge is 0.468 e. The van der Waals surface area contributed by atoms with Crippen molar-refractivity contribution in [1.82, 2.24) is 15.1 Å². The molecule has 0 aromatic rings. The zero-order valence-electron chi connectivity index (χ0n) is 13.4. The lowest BCUT2D eigenvalue weighted by Crippen LogP contribution is -2.50. The van der Waals surface area contributed by atoms with Gasteiger partial charge >= 0.3 is 5.97 Å². The minimum Gasteiger partial charge on any atom is -0.468 e. The second kappa shape index (κ2) is 6.23. The fourth-order valence-electron chi connectivity index (χ4n) is 4.61. The van der Waals surface area contributed by atoms with E-state index >= 15 is 0 Å². The highest BCUT2D eigenvalue weighted by Gasteiger charge is 2.47. The van der Waals surface area contributed by atoms with Gasteiger partial charge in [0.2, 0.25) is 0 Å². The molecule has 0 amide bonds. The van der Waals surface area contributed by atoms with Gasteiger partial charge in [0.25, 0.3) is 0 Å². The zero-order chi connectivity index (χ0) is 14.9. The van der Waals surface area contributed by atoms with Crippen LogP contribution in [0.4, 0.5) is 0 Å². The Kier molecular flexibility index (Phi) is 4.52. The molecule has 3 atom stereocenters. The van der Waals surface area contributed by atoms with Crippen LogP contribution in [-0.4, -0.2) is 73.7 Å². The van der Waals surface area contributed by atoms with Crippen molar-refractivity contribution in [3.05, 3.63) is 0 Å². The molecule has 21 heavy (non-hydrogen) atoms. The first-order valence-corrected chi connectivity index (χ1v) is 8.44. The Balaban J connectivity index is 1.66. The van der Waals surface area contributed by atoms with E-state index in [1.807, 2.05) is 7.05 Å². The van der Waals surface area contributed by atoms with E-state index in [4.69, 9.17) is 4.74 Å². The maximum absolute atomic E-state index is 12.1. The molecule has 2 saturated heterocycles. The van der Waals surface area contributed by atoms with Crippen molar-refractivity contribution in [2.24, 2.45) is 0 Å². The third-order valence-corrected chi connectivity index (χ3v) is 5.89. The van der Waals surface area contributed by atoms with Gasteiger partial charge in [-0.3, -0.25) is 14.6 Å². The van der Waals surface area contributed by atoms with Gasteiger partial charge in [-0.05, 0) is 65.2 Å². The Morgan fingerprint density at radius 2 is 1.90 bits per heavy atom. The summed E-state index contributed by atoms with van der Waals surface area (Å²) in [7, 11) is 3.39. The number of hydrogen-bond acceptors (Lipinski definition) is 5. The Bertz CT molecular complexity index is 390. The van der Waals surface area contributed by atoms with Crippen molar-refractivity contribution in [3.63, 3.8) is 0 Å². The first kappa shape index (κ1) is 15.3. The first-order valence-electron chi connectivity index (χ1n) is 8.44. The third-order valence-electron chi connectivity index (χ3n) is 5.89. The van der Waals surface area contributed by atoms with Crippen LogP contribution < -0.4 is 5.32 Å². The number of nitrogens with zero attached hydrogens (tertiary/aromatic N) is 2. The molecule has 3 rings (SSSR count). The highest BCUT2D eigenvalue weighted by Crippen LogP contribution is 2.35. The second-order valence-electron chi connectivity index (χ2n) is 6.90. The van der Waals surface area contributed by atoms with Gasteiger partial charge in [0, 0.05) is 18.6 Å². The molecular weight excluding hydrogens is 266 g/mol. The SMILES string of the molecule is CNC1(C(=O)OC)CCC(N2CCCN3CCCC3C2)C1. The number of carbonyl (C=O) groups is 1. The molecule has 0 spiro atoms. The van der Waals surface area contributed by atoms with E-state index < -0.39 is 5.54 Å². The lowest BCUT2D eigenvalue weighted by molar-refractivity contribution is -0.148. The monoisotopic (exact) mass is 295 g/mol. The summed E-state index contributed by atoms with van der Waals surface area (Å²) in [4.78, 5) is 17.5. The number of fused-ring (bicyclic) bond motifs is 1. The molecule has 0 radical (unpaired) electrons. The average molecular weight is 295 g/mol. The fourth-order valence-corrected chi connectivity index (χ4v) is 4.61. The molecule has 3 unspecified atom stereocenters. The van der Waals surface area contributed by atoms with Crippen molar-refractivity contribution in [2.45, 2.75) is 56.1 Å². The number of methoxy groups -OCH3 is 1. The molecule has 0 bridgehead atoms. The molecule has 1 aliphatic carbocycles. The van der Waals surface area contributed by atoms with E-state index in [2.05, 4.69) is 15.1 Å². The van der Waals surface area contributed by atoms with Crippen LogP contribution in [0.1, 0.15) is 38.5 Å². The van der Waals surface area contributed by atoms with Crippen LogP contribution in [0.15, 0.2) is 0 Å². The minimum atomic E-state index is -0.457. The van der Waals surface area contributed by atoms with Crippen LogP contribution in [0.3, 0.4) is 0 Å². The summed E-state index contributed by atoms with van der Waals surface area (Å²) in [5.41, 5.74) is -0.457. The number of esters is 1. The van der Waals surface area contributed by atoms with Crippen LogP contribution in [0.25, 0.3) is 0 Å². The number of rotatable bonds is 3.